The number of hydrogen-bond donors (Lipinski definition) is 0. The van der Waals surface area contributed by atoms with Crippen molar-refractivity contribution in [2.75, 3.05) is 59.5 Å². The van der Waals surface area contributed by atoms with Gasteiger partial charge in [0.15, 0.2) is 0 Å². The van der Waals surface area contributed by atoms with Crippen molar-refractivity contribution in [2.24, 2.45) is 28.2 Å². The second kappa shape index (κ2) is 25.2. The van der Waals surface area contributed by atoms with Gasteiger partial charge in [-0.15, -0.1) is 13.2 Å². The van der Waals surface area contributed by atoms with Gasteiger partial charge in [-0.05, 0) is 62.4 Å². The van der Waals surface area contributed by atoms with E-state index in [4.69, 9.17) is 9.68 Å². The molecule has 74 heavy (non-hydrogen) atoms. The Hall–Kier alpha value is -5.79. The van der Waals surface area contributed by atoms with Crippen LogP contribution >= 0.6 is 45.2 Å². The summed E-state index contributed by atoms with van der Waals surface area (Å²) < 4.78 is 8.47. The summed E-state index contributed by atoms with van der Waals surface area (Å²) in [6.45, 7) is 11.6. The van der Waals surface area contributed by atoms with Crippen molar-refractivity contribution >= 4 is 96.4 Å². The SMILES string of the molecule is C=CCON1C(=O)N2CC(I)=CC1C2.C=CCON1C(=O)N2CC(c3cnn(C)c(=O)c3)=CC1C2.CN1C(=O)N2CC(c3cnn(C)c(=O)c3)=CC1C2.Cn1nc[c]([Sn]([CH3])([CH3])[CH3])cc1=O.Cn1ncc(I)cc1=O. The molecule has 10 heterocycles. The van der Waals surface area contributed by atoms with Crippen LogP contribution in [0.1, 0.15) is 11.1 Å². The van der Waals surface area contributed by atoms with Gasteiger partial charge in [0.05, 0.1) is 56.5 Å². The molecule has 4 aromatic heterocycles. The second-order valence-corrected chi connectivity index (χ2v) is 35.7. The molecule has 6 aliphatic rings. The van der Waals surface area contributed by atoms with E-state index in [1.165, 1.54) is 48.1 Å². The summed E-state index contributed by atoms with van der Waals surface area (Å²) in [7, 11) is 8.31. The summed E-state index contributed by atoms with van der Waals surface area (Å²) in [6.07, 6.45) is 16.1. The maximum Gasteiger partial charge on any atom is 0.267 e. The largest absolute Gasteiger partial charge is 0.268 e. The third kappa shape index (κ3) is 14.3. The van der Waals surface area contributed by atoms with E-state index >= 15 is 0 Å². The van der Waals surface area contributed by atoms with Crippen LogP contribution in [-0.2, 0) is 37.9 Å². The molecule has 3 unspecified atom stereocenters. The van der Waals surface area contributed by atoms with Gasteiger partial charge in [-0.1, -0.05) is 24.3 Å². The predicted molar refractivity (Wildman–Crippen MR) is 298 cm³/mol. The van der Waals surface area contributed by atoms with Crippen molar-refractivity contribution < 1.29 is 24.1 Å². The summed E-state index contributed by atoms with van der Waals surface area (Å²) in [5.41, 5.74) is 3.07. The summed E-state index contributed by atoms with van der Waals surface area (Å²) in [5.74, 6) is 0. The van der Waals surface area contributed by atoms with E-state index in [2.05, 4.69) is 83.1 Å². The van der Waals surface area contributed by atoms with Crippen LogP contribution in [0.25, 0.3) is 11.1 Å². The zero-order chi connectivity index (χ0) is 54.2. The first-order chi connectivity index (χ1) is 35.0. The molecule has 0 aliphatic carbocycles. The first-order valence-electron chi connectivity index (χ1n) is 23.2. The second-order valence-electron chi connectivity index (χ2n) is 18.6. The van der Waals surface area contributed by atoms with Crippen LogP contribution in [0.4, 0.5) is 14.4 Å². The van der Waals surface area contributed by atoms with E-state index in [0.29, 0.717) is 32.8 Å². The number of aromatic nitrogens is 8. The van der Waals surface area contributed by atoms with Gasteiger partial charge in [0.25, 0.3) is 16.7 Å². The number of carbonyl (C=O) groups is 3. The molecule has 3 atom stereocenters. The van der Waals surface area contributed by atoms with Gasteiger partial charge in [-0.25, -0.2) is 28.4 Å². The van der Waals surface area contributed by atoms with Gasteiger partial charge < -0.3 is 19.6 Å². The number of rotatable bonds is 9. The predicted octanol–water partition coefficient (Wildman–Crippen LogP) is 2.57. The molecular weight excluding hydrogens is 1290 g/mol. The Morgan fingerprint density at radius 3 is 1.39 bits per heavy atom. The minimum absolute atomic E-state index is 0.000810. The number of hydroxylamine groups is 4. The molecule has 0 radical (unpaired) electrons. The number of fused-ring (bicyclic) bond motifs is 6. The molecule has 6 amide bonds. The summed E-state index contributed by atoms with van der Waals surface area (Å²) in [6, 6.07) is 6.22. The molecule has 6 aliphatic heterocycles. The minimum atomic E-state index is -2.06. The molecule has 394 valence electrons. The smallest absolute Gasteiger partial charge is 0.267 e. The van der Waals surface area contributed by atoms with Crippen LogP contribution < -0.4 is 25.8 Å². The van der Waals surface area contributed by atoms with E-state index in [1.54, 1.807) is 97.7 Å². The number of likely N-dealkylation sites (N-methyl/N-ethyl adjacent to an activating group) is 1. The van der Waals surface area contributed by atoms with Crippen molar-refractivity contribution in [3.8, 4) is 0 Å². The molecule has 6 bridgehead atoms. The normalized spacial score (nSPS) is 19.2. The number of aryl methyl sites for hydroxylation is 4. The number of carbonyl (C=O) groups excluding carboxylic acids is 3. The molecule has 4 aromatic rings. The van der Waals surface area contributed by atoms with Gasteiger partial charge in [0.1, 0.15) is 0 Å². The molecule has 0 spiro atoms. The summed E-state index contributed by atoms with van der Waals surface area (Å²) in [4.78, 5) is 105. The monoisotopic (exact) mass is 1350 g/mol. The third-order valence-corrected chi connectivity index (χ3v) is 19.2. The van der Waals surface area contributed by atoms with Gasteiger partial charge in [-0.3, -0.25) is 24.1 Å². The molecule has 23 nitrogen and oxygen atoms in total. The van der Waals surface area contributed by atoms with Crippen molar-refractivity contribution in [1.82, 2.24) is 68.8 Å². The van der Waals surface area contributed by atoms with Crippen LogP contribution in [0.2, 0.25) is 14.8 Å². The van der Waals surface area contributed by atoms with E-state index in [-0.39, 0.29) is 65.1 Å². The van der Waals surface area contributed by atoms with Crippen molar-refractivity contribution in [3.63, 3.8) is 0 Å². The minimum Gasteiger partial charge on any atom is -0.268 e. The number of hydrogen-bond acceptors (Lipinski definition) is 13. The fraction of sp³-hybridized carbons (Fsp3) is 0.396. The topological polar surface area (TPSA) is 229 Å². The molecule has 26 heteroatoms. The quantitative estimate of drug-likeness (QED) is 0.134. The number of halogens is 2. The molecule has 3 fully saturated rings. The van der Waals surface area contributed by atoms with E-state index in [1.807, 2.05) is 34.9 Å². The van der Waals surface area contributed by atoms with E-state index in [9.17, 15) is 33.6 Å². The van der Waals surface area contributed by atoms with Gasteiger partial charge in [0.2, 0.25) is 0 Å². The fourth-order valence-electron chi connectivity index (χ4n) is 7.90. The zero-order valence-electron chi connectivity index (χ0n) is 42.5. The number of urea groups is 3. The van der Waals surface area contributed by atoms with Crippen LogP contribution in [0.15, 0.2) is 115 Å². The Bertz CT molecular complexity index is 3130. The fourth-order valence-corrected chi connectivity index (χ4v) is 12.0. The standard InChI is InChI=1S/C14H16N4O3.C12H14N4O2.C9H11IN2O2.C5H5IN2O.C5H5N2O.3CH3.Sn/c1-3-4-21-18-12-5-11(8-17(9-12)14(18)20)10-6-13(19)16(2)15-7-10;1-14-10-3-9(6-16(7-10)12(14)18)8-4-11(17)15(2)13-5-8;1-2-3-14-12-8-4-7(10)5-11(6-8)9(12)13;1-8-5(9)2-4(6)3-7-8;1-7-5(8)3-2-4-6-7;;;;/h3,5-7,12H,1,4,8-9H2,2H3;3-5,10H,6-7H2,1-2H3;2,4,8H,1,3,5-6H2;2-3H,1H3;3-4H,1H3;3*1H3;. The van der Waals surface area contributed by atoms with Gasteiger partial charge in [-0.2, -0.15) is 25.4 Å². The van der Waals surface area contributed by atoms with Crippen LogP contribution in [0.5, 0.6) is 0 Å². The molecule has 10 rings (SSSR count). The van der Waals surface area contributed by atoms with Crippen molar-refractivity contribution in [2.45, 2.75) is 32.9 Å². The Kier molecular flexibility index (Phi) is 19.5. The molecule has 3 saturated heterocycles. The van der Waals surface area contributed by atoms with E-state index < -0.39 is 18.4 Å². The molecule has 0 N–H and O–H groups in total. The first-order valence-corrected chi connectivity index (χ1v) is 35.4. The Morgan fingerprint density at radius 1 is 0.554 bits per heavy atom. The zero-order valence-corrected chi connectivity index (χ0v) is 49.7. The molecule has 0 saturated carbocycles. The Labute approximate surface area is 458 Å². The molecular formula is C48H60I2N14O9Sn. The molecule has 0 aromatic carbocycles. The van der Waals surface area contributed by atoms with Crippen molar-refractivity contribution in [3.05, 3.63) is 152 Å². The van der Waals surface area contributed by atoms with Crippen LogP contribution in [-0.4, -0.2) is 183 Å². The average Bonchev–Trinajstić information content (AvgIpc) is 3.81. The van der Waals surface area contributed by atoms with Crippen LogP contribution in [0, 0.1) is 3.57 Å². The third-order valence-electron chi connectivity index (χ3n) is 12.1. The number of amides is 6. The Balaban J connectivity index is 0.000000155. The maximum atomic E-state index is 12.2. The average molecular weight is 1350 g/mol. The van der Waals surface area contributed by atoms with Crippen LogP contribution in [0.3, 0.4) is 0 Å². The summed E-state index contributed by atoms with van der Waals surface area (Å²) >= 11 is 2.23. The maximum absolute atomic E-state index is 12.2. The Morgan fingerprint density at radius 2 is 0.959 bits per heavy atom. The van der Waals surface area contributed by atoms with Crippen molar-refractivity contribution in [1.29, 1.82) is 0 Å². The number of nitrogens with zero attached hydrogens (tertiary/aromatic N) is 14. The van der Waals surface area contributed by atoms with E-state index in [0.717, 1.165) is 38.9 Å². The summed E-state index contributed by atoms with van der Waals surface area (Å²) in [5, 5.41) is 18.6. The first kappa shape index (κ1) is 57.5. The van der Waals surface area contributed by atoms with Gasteiger partial charge in [0, 0.05) is 97.4 Å². The van der Waals surface area contributed by atoms with Gasteiger partial charge >= 0.3 is 94.3 Å².